The van der Waals surface area contributed by atoms with E-state index in [0.29, 0.717) is 5.92 Å². The predicted molar refractivity (Wildman–Crippen MR) is 52.5 cm³/mol. The summed E-state index contributed by atoms with van der Waals surface area (Å²) in [6.07, 6.45) is 6.21. The van der Waals surface area contributed by atoms with Crippen molar-refractivity contribution in [3.63, 3.8) is 0 Å². The van der Waals surface area contributed by atoms with Gasteiger partial charge < -0.3 is 0 Å². The molecule has 0 unspecified atom stereocenters. The van der Waals surface area contributed by atoms with Crippen LogP contribution in [0.2, 0.25) is 0 Å². The van der Waals surface area contributed by atoms with Gasteiger partial charge in [-0.15, -0.1) is 0 Å². The van der Waals surface area contributed by atoms with Crippen LogP contribution in [0.1, 0.15) is 27.7 Å². The molecule has 0 bridgehead atoms. The Morgan fingerprint density at radius 2 is 1.91 bits per heavy atom. The average molecular weight is 150 g/mol. The zero-order valence-electron chi connectivity index (χ0n) is 8.02. The molecule has 0 N–H and O–H groups in total. The molecule has 0 radical (unpaired) electrons. The number of allylic oxidation sites excluding steroid dienone is 5. The first kappa shape index (κ1) is 10.2. The Morgan fingerprint density at radius 3 is 2.18 bits per heavy atom. The van der Waals surface area contributed by atoms with Crippen molar-refractivity contribution in [2.75, 3.05) is 0 Å². The average Bonchev–Trinajstić information content (AvgIpc) is 1.99. The fourth-order valence-electron chi connectivity index (χ4n) is 0.905. The molecule has 0 amide bonds. The van der Waals surface area contributed by atoms with E-state index in [9.17, 15) is 0 Å². The van der Waals surface area contributed by atoms with Crippen LogP contribution < -0.4 is 0 Å². The first-order valence-corrected chi connectivity index (χ1v) is 4.08. The van der Waals surface area contributed by atoms with Crippen molar-refractivity contribution in [2.24, 2.45) is 5.92 Å². The molecule has 0 aliphatic heterocycles. The lowest BCUT2D eigenvalue weighted by Gasteiger charge is -2.05. The van der Waals surface area contributed by atoms with E-state index in [-0.39, 0.29) is 0 Å². The van der Waals surface area contributed by atoms with Gasteiger partial charge in [0.1, 0.15) is 0 Å². The Kier molecular flexibility index (Phi) is 4.60. The van der Waals surface area contributed by atoms with E-state index >= 15 is 0 Å². The van der Waals surface area contributed by atoms with E-state index in [4.69, 9.17) is 0 Å². The molecule has 62 valence electrons. The highest BCUT2D eigenvalue weighted by Crippen LogP contribution is 2.13. The molecule has 0 aromatic heterocycles. The molecule has 11 heavy (non-hydrogen) atoms. The molecular formula is C11H18. The summed E-state index contributed by atoms with van der Waals surface area (Å²) in [6.45, 7) is 12.2. The van der Waals surface area contributed by atoms with Gasteiger partial charge in [0.25, 0.3) is 0 Å². The van der Waals surface area contributed by atoms with Crippen LogP contribution in [-0.2, 0) is 0 Å². The maximum absolute atomic E-state index is 3.71. The molecule has 0 aromatic rings. The summed E-state index contributed by atoms with van der Waals surface area (Å²) in [6, 6.07) is 0. The monoisotopic (exact) mass is 150 g/mol. The Balaban J connectivity index is 4.44. The lowest BCUT2D eigenvalue weighted by atomic mass is 10.0. The Bertz CT molecular complexity index is 180. The van der Waals surface area contributed by atoms with Crippen LogP contribution >= 0.6 is 0 Å². The minimum absolute atomic E-state index is 0.606. The van der Waals surface area contributed by atoms with Gasteiger partial charge in [0, 0.05) is 0 Å². The van der Waals surface area contributed by atoms with Crippen LogP contribution in [0.15, 0.2) is 36.0 Å². The van der Waals surface area contributed by atoms with E-state index in [0.717, 1.165) is 0 Å². The zero-order valence-corrected chi connectivity index (χ0v) is 8.02. The minimum atomic E-state index is 0.606. The molecule has 0 atom stereocenters. The van der Waals surface area contributed by atoms with E-state index in [1.54, 1.807) is 0 Å². The Morgan fingerprint density at radius 1 is 1.36 bits per heavy atom. The third-order valence-corrected chi connectivity index (χ3v) is 1.72. The second kappa shape index (κ2) is 4.95. The first-order chi connectivity index (χ1) is 5.11. The lowest BCUT2D eigenvalue weighted by Crippen LogP contribution is -1.90. The molecular weight excluding hydrogens is 132 g/mol. The van der Waals surface area contributed by atoms with Crippen molar-refractivity contribution < 1.29 is 0 Å². The largest absolute Gasteiger partial charge is 0.0988 e. The van der Waals surface area contributed by atoms with Gasteiger partial charge in [-0.1, -0.05) is 44.2 Å². The minimum Gasteiger partial charge on any atom is -0.0988 e. The van der Waals surface area contributed by atoms with Crippen molar-refractivity contribution in [1.29, 1.82) is 0 Å². The first-order valence-electron chi connectivity index (χ1n) is 4.08. The second-order valence-electron chi connectivity index (χ2n) is 3.04. The van der Waals surface area contributed by atoms with Gasteiger partial charge in [0.2, 0.25) is 0 Å². The van der Waals surface area contributed by atoms with Gasteiger partial charge in [-0.3, -0.25) is 0 Å². The van der Waals surface area contributed by atoms with Crippen LogP contribution in [0.4, 0.5) is 0 Å². The van der Waals surface area contributed by atoms with Crippen LogP contribution in [-0.4, -0.2) is 0 Å². The molecule has 0 rings (SSSR count). The molecule has 0 spiro atoms. The van der Waals surface area contributed by atoms with Crippen LogP contribution in [0.25, 0.3) is 0 Å². The smallest absolute Gasteiger partial charge is 0.0222 e. The third-order valence-electron chi connectivity index (χ3n) is 1.72. The molecule has 0 aliphatic rings. The molecule has 0 aliphatic carbocycles. The maximum atomic E-state index is 3.71. The highest BCUT2D eigenvalue weighted by Gasteiger charge is 1.96. The summed E-state index contributed by atoms with van der Waals surface area (Å²) >= 11 is 0. The van der Waals surface area contributed by atoms with E-state index in [1.165, 1.54) is 11.1 Å². The summed E-state index contributed by atoms with van der Waals surface area (Å²) in [5, 5.41) is 0. The number of hydrogen-bond acceptors (Lipinski definition) is 0. The highest BCUT2D eigenvalue weighted by molar-refractivity contribution is 5.28. The zero-order chi connectivity index (χ0) is 8.85. The maximum Gasteiger partial charge on any atom is -0.0222 e. The van der Waals surface area contributed by atoms with Crippen LogP contribution in [0, 0.1) is 5.92 Å². The molecule has 0 fully saturated rings. The second-order valence-corrected chi connectivity index (χ2v) is 3.04. The molecule has 0 nitrogen and oxygen atoms in total. The van der Waals surface area contributed by atoms with Gasteiger partial charge in [0.05, 0.1) is 0 Å². The van der Waals surface area contributed by atoms with Crippen molar-refractivity contribution in [2.45, 2.75) is 27.7 Å². The molecule has 0 heterocycles. The summed E-state index contributed by atoms with van der Waals surface area (Å²) in [4.78, 5) is 0. The van der Waals surface area contributed by atoms with Gasteiger partial charge in [-0.05, 0) is 25.3 Å². The van der Waals surface area contributed by atoms with Crippen LogP contribution in [0.3, 0.4) is 0 Å². The normalized spacial score (nSPS) is 13.9. The van der Waals surface area contributed by atoms with Crippen molar-refractivity contribution in [3.05, 3.63) is 36.0 Å². The van der Waals surface area contributed by atoms with E-state index in [1.807, 2.05) is 6.08 Å². The molecule has 0 saturated heterocycles. The van der Waals surface area contributed by atoms with Gasteiger partial charge in [0.15, 0.2) is 0 Å². The fourth-order valence-corrected chi connectivity index (χ4v) is 0.905. The topological polar surface area (TPSA) is 0 Å². The van der Waals surface area contributed by atoms with Crippen molar-refractivity contribution in [1.82, 2.24) is 0 Å². The summed E-state index contributed by atoms with van der Waals surface area (Å²) in [5.74, 6) is 0.606. The fraction of sp³-hybridized carbons (Fsp3) is 0.455. The van der Waals surface area contributed by atoms with E-state index in [2.05, 4.69) is 46.4 Å². The molecule has 0 saturated carbocycles. The van der Waals surface area contributed by atoms with Gasteiger partial charge in [-0.25, -0.2) is 0 Å². The highest BCUT2D eigenvalue weighted by atomic mass is 14.0. The van der Waals surface area contributed by atoms with Crippen molar-refractivity contribution in [3.8, 4) is 0 Å². The van der Waals surface area contributed by atoms with Crippen LogP contribution in [0.5, 0.6) is 0 Å². The standard InChI is InChI=1S/C11H18/c1-6-10(5)8-11(7-2)9(3)4/h6-9H,1H2,2-5H3. The van der Waals surface area contributed by atoms with Crippen molar-refractivity contribution >= 4 is 0 Å². The Hall–Kier alpha value is -0.780. The molecule has 0 aromatic carbocycles. The summed E-state index contributed by atoms with van der Waals surface area (Å²) < 4.78 is 0. The summed E-state index contributed by atoms with van der Waals surface area (Å²) in [5.41, 5.74) is 2.61. The Labute approximate surface area is 70.3 Å². The van der Waals surface area contributed by atoms with E-state index < -0.39 is 0 Å². The SMILES string of the molecule is C=CC(C)=CC(=CC)C(C)C. The quantitative estimate of drug-likeness (QED) is 0.538. The predicted octanol–water partition coefficient (Wildman–Crippen LogP) is 3.72. The molecule has 0 heteroatoms. The summed E-state index contributed by atoms with van der Waals surface area (Å²) in [7, 11) is 0. The lowest BCUT2D eigenvalue weighted by molar-refractivity contribution is 0.788. The third kappa shape index (κ3) is 3.82. The van der Waals surface area contributed by atoms with Gasteiger partial charge >= 0.3 is 0 Å². The number of rotatable bonds is 3. The van der Waals surface area contributed by atoms with Gasteiger partial charge in [-0.2, -0.15) is 0 Å². The number of hydrogen-bond donors (Lipinski definition) is 0.